The largest absolute Gasteiger partial charge is 0.451 e. The molecule has 6 nitrogen and oxygen atoms in total. The number of aromatic nitrogens is 2. The van der Waals surface area contributed by atoms with E-state index in [1.54, 1.807) is 22.1 Å². The number of benzene rings is 1. The second-order valence-electron chi connectivity index (χ2n) is 7.47. The maximum Gasteiger partial charge on any atom is 0.357 e. The summed E-state index contributed by atoms with van der Waals surface area (Å²) in [6.07, 6.45) is 6.68. The molecule has 0 radical (unpaired) electrons. The molecule has 1 aliphatic rings. The van der Waals surface area contributed by atoms with Crippen molar-refractivity contribution in [1.82, 2.24) is 15.1 Å². The molecule has 1 aromatic carbocycles. The van der Waals surface area contributed by atoms with E-state index in [9.17, 15) is 9.59 Å². The molecule has 1 amide bonds. The molecule has 156 valence electrons. The highest BCUT2D eigenvalue weighted by molar-refractivity contribution is 7.13. The summed E-state index contributed by atoms with van der Waals surface area (Å²) in [5.74, 6) is -0.815. The number of nitrogens with zero attached hydrogens (tertiary/aromatic N) is 2. The van der Waals surface area contributed by atoms with E-state index in [2.05, 4.69) is 10.4 Å². The minimum absolute atomic E-state index is 0.180. The van der Waals surface area contributed by atoms with E-state index in [1.807, 2.05) is 47.8 Å². The molecule has 2 aromatic heterocycles. The van der Waals surface area contributed by atoms with Crippen molar-refractivity contribution in [3.8, 4) is 16.3 Å². The number of carbonyl (C=O) groups excluding carboxylic acids is 2. The Hall–Kier alpha value is -2.93. The lowest BCUT2D eigenvalue weighted by Crippen LogP contribution is -2.37. The van der Waals surface area contributed by atoms with Crippen LogP contribution in [-0.2, 0) is 9.53 Å². The van der Waals surface area contributed by atoms with Gasteiger partial charge in [0.05, 0.1) is 10.6 Å². The van der Waals surface area contributed by atoms with Crippen LogP contribution in [0.1, 0.15) is 49.0 Å². The molecule has 30 heavy (non-hydrogen) atoms. The average molecular weight is 424 g/mol. The second-order valence-corrected chi connectivity index (χ2v) is 8.42. The van der Waals surface area contributed by atoms with E-state index in [1.165, 1.54) is 12.8 Å². The zero-order chi connectivity index (χ0) is 20.8. The van der Waals surface area contributed by atoms with E-state index in [-0.39, 0.29) is 18.6 Å². The SMILES string of the molecule is O=C(COC(=O)c1cc(-c2cccs2)nn1-c1ccccc1)NC1CCCCCC1. The summed E-state index contributed by atoms with van der Waals surface area (Å²) in [5, 5.41) is 9.57. The van der Waals surface area contributed by atoms with Gasteiger partial charge in [0.15, 0.2) is 12.3 Å². The normalized spacial score (nSPS) is 14.8. The van der Waals surface area contributed by atoms with Gasteiger partial charge in [0.1, 0.15) is 5.69 Å². The Morgan fingerprint density at radius 2 is 1.83 bits per heavy atom. The number of nitrogens with one attached hydrogen (secondary N) is 1. The minimum Gasteiger partial charge on any atom is -0.451 e. The Labute approximate surface area is 179 Å². The predicted octanol–water partition coefficient (Wildman–Crippen LogP) is 4.60. The van der Waals surface area contributed by atoms with Crippen LogP contribution in [0.3, 0.4) is 0 Å². The molecule has 0 bridgehead atoms. The van der Waals surface area contributed by atoms with Crippen LogP contribution < -0.4 is 5.32 Å². The maximum atomic E-state index is 12.8. The Morgan fingerprint density at radius 3 is 2.53 bits per heavy atom. The highest BCUT2D eigenvalue weighted by Crippen LogP contribution is 2.26. The van der Waals surface area contributed by atoms with Gasteiger partial charge in [-0.05, 0) is 36.4 Å². The lowest BCUT2D eigenvalue weighted by atomic mass is 10.1. The number of esters is 1. The summed E-state index contributed by atoms with van der Waals surface area (Å²) >= 11 is 1.55. The fourth-order valence-electron chi connectivity index (χ4n) is 3.74. The molecule has 1 N–H and O–H groups in total. The number of rotatable bonds is 6. The molecule has 3 aromatic rings. The number of ether oxygens (including phenoxy) is 1. The third-order valence-corrected chi connectivity index (χ3v) is 6.14. The topological polar surface area (TPSA) is 73.2 Å². The molecule has 1 fully saturated rings. The monoisotopic (exact) mass is 423 g/mol. The molecule has 0 spiro atoms. The van der Waals surface area contributed by atoms with Crippen LogP contribution in [0.25, 0.3) is 16.3 Å². The van der Waals surface area contributed by atoms with Crippen molar-refractivity contribution in [2.45, 2.75) is 44.6 Å². The zero-order valence-electron chi connectivity index (χ0n) is 16.8. The number of amides is 1. The van der Waals surface area contributed by atoms with Crippen molar-refractivity contribution in [3.05, 3.63) is 59.6 Å². The Bertz CT molecular complexity index is 975. The minimum atomic E-state index is -0.565. The summed E-state index contributed by atoms with van der Waals surface area (Å²) in [7, 11) is 0. The van der Waals surface area contributed by atoms with E-state index < -0.39 is 5.97 Å². The summed E-state index contributed by atoms with van der Waals surface area (Å²) < 4.78 is 6.92. The highest BCUT2D eigenvalue weighted by Gasteiger charge is 2.21. The molecule has 0 saturated heterocycles. The van der Waals surface area contributed by atoms with Crippen molar-refractivity contribution >= 4 is 23.2 Å². The van der Waals surface area contributed by atoms with Crippen molar-refractivity contribution in [2.24, 2.45) is 0 Å². The molecule has 1 saturated carbocycles. The summed E-state index contributed by atoms with van der Waals surface area (Å²) in [6.45, 7) is -0.288. The Kier molecular flexibility index (Phi) is 6.59. The first-order valence-corrected chi connectivity index (χ1v) is 11.2. The van der Waals surface area contributed by atoms with Gasteiger partial charge in [-0.2, -0.15) is 5.10 Å². The van der Waals surface area contributed by atoms with Crippen LogP contribution in [0.15, 0.2) is 53.9 Å². The Balaban J connectivity index is 1.46. The van der Waals surface area contributed by atoms with E-state index in [0.29, 0.717) is 11.4 Å². The summed E-state index contributed by atoms with van der Waals surface area (Å²) in [6, 6.07) is 15.2. The first kappa shape index (κ1) is 20.3. The number of thiophene rings is 1. The number of carbonyl (C=O) groups is 2. The maximum absolute atomic E-state index is 12.8. The molecule has 0 unspecified atom stereocenters. The number of para-hydroxylation sites is 1. The van der Waals surface area contributed by atoms with Gasteiger partial charge in [0.2, 0.25) is 0 Å². The average Bonchev–Trinajstić information content (AvgIpc) is 3.39. The molecule has 7 heteroatoms. The van der Waals surface area contributed by atoms with Gasteiger partial charge in [-0.3, -0.25) is 4.79 Å². The highest BCUT2D eigenvalue weighted by atomic mass is 32.1. The van der Waals surface area contributed by atoms with Crippen LogP contribution in [0.4, 0.5) is 0 Å². The van der Waals surface area contributed by atoms with Crippen molar-refractivity contribution in [3.63, 3.8) is 0 Å². The molecule has 1 aliphatic carbocycles. The summed E-state index contributed by atoms with van der Waals surface area (Å²) in [5.41, 5.74) is 1.76. The number of hydrogen-bond acceptors (Lipinski definition) is 5. The third kappa shape index (κ3) is 4.97. The van der Waals surface area contributed by atoms with Crippen LogP contribution >= 0.6 is 11.3 Å². The first-order chi connectivity index (χ1) is 14.7. The fourth-order valence-corrected chi connectivity index (χ4v) is 4.42. The van der Waals surface area contributed by atoms with Crippen LogP contribution in [-0.4, -0.2) is 34.3 Å². The van der Waals surface area contributed by atoms with E-state index in [4.69, 9.17) is 4.74 Å². The second kappa shape index (κ2) is 9.71. The van der Waals surface area contributed by atoms with Crippen LogP contribution in [0.5, 0.6) is 0 Å². The molecule has 4 rings (SSSR count). The lowest BCUT2D eigenvalue weighted by molar-refractivity contribution is -0.125. The summed E-state index contributed by atoms with van der Waals surface area (Å²) in [4.78, 5) is 26.1. The molecule has 0 atom stereocenters. The van der Waals surface area contributed by atoms with Crippen LogP contribution in [0.2, 0.25) is 0 Å². The quantitative estimate of drug-likeness (QED) is 0.465. The van der Waals surface area contributed by atoms with Gasteiger partial charge in [-0.1, -0.05) is 49.9 Å². The van der Waals surface area contributed by atoms with Gasteiger partial charge in [-0.25, -0.2) is 9.48 Å². The lowest BCUT2D eigenvalue weighted by Gasteiger charge is -2.16. The molecular weight excluding hydrogens is 398 g/mol. The van der Waals surface area contributed by atoms with Crippen LogP contribution in [0, 0.1) is 0 Å². The standard InChI is InChI=1S/C23H25N3O3S/c27-22(24-17-9-4-1-2-5-10-17)16-29-23(28)20-15-19(21-13-8-14-30-21)25-26(20)18-11-6-3-7-12-18/h3,6-8,11-15,17H,1-2,4-5,9-10,16H2,(H,24,27). The van der Waals surface area contributed by atoms with Gasteiger partial charge in [0, 0.05) is 12.1 Å². The molecule has 0 aliphatic heterocycles. The molecule has 2 heterocycles. The first-order valence-electron chi connectivity index (χ1n) is 10.4. The third-order valence-electron chi connectivity index (χ3n) is 5.25. The Morgan fingerprint density at radius 1 is 1.07 bits per heavy atom. The van der Waals surface area contributed by atoms with Gasteiger partial charge >= 0.3 is 5.97 Å². The predicted molar refractivity (Wildman–Crippen MR) is 117 cm³/mol. The number of hydrogen-bond donors (Lipinski definition) is 1. The van der Waals surface area contributed by atoms with Crippen molar-refractivity contribution in [2.75, 3.05) is 6.61 Å². The van der Waals surface area contributed by atoms with Crippen molar-refractivity contribution in [1.29, 1.82) is 0 Å². The van der Waals surface area contributed by atoms with Gasteiger partial charge < -0.3 is 10.1 Å². The van der Waals surface area contributed by atoms with E-state index >= 15 is 0 Å². The smallest absolute Gasteiger partial charge is 0.357 e. The van der Waals surface area contributed by atoms with Crippen molar-refractivity contribution < 1.29 is 14.3 Å². The van der Waals surface area contributed by atoms with E-state index in [0.717, 1.165) is 36.2 Å². The molecular formula is C23H25N3O3S. The van der Waals surface area contributed by atoms with Gasteiger partial charge in [0.25, 0.3) is 5.91 Å². The van der Waals surface area contributed by atoms with Gasteiger partial charge in [-0.15, -0.1) is 11.3 Å². The zero-order valence-corrected chi connectivity index (χ0v) is 17.6. The fraction of sp³-hybridized carbons (Fsp3) is 0.348.